The smallest absolute Gasteiger partial charge is 0.0672 e. The van der Waals surface area contributed by atoms with Crippen molar-refractivity contribution in [2.24, 2.45) is 5.92 Å². The van der Waals surface area contributed by atoms with Gasteiger partial charge in [-0.15, -0.1) is 0 Å². The lowest BCUT2D eigenvalue weighted by Gasteiger charge is -2.25. The van der Waals surface area contributed by atoms with Gasteiger partial charge in [0.15, 0.2) is 0 Å². The molecule has 1 aromatic rings. The average Bonchev–Trinajstić information content (AvgIpc) is 2.84. The molecule has 2 nitrogen and oxygen atoms in total. The minimum atomic E-state index is 0.125. The fourth-order valence-corrected chi connectivity index (χ4v) is 3.32. The second kappa shape index (κ2) is 6.61. The predicted octanol–water partition coefficient (Wildman–Crippen LogP) is 4.73. The van der Waals surface area contributed by atoms with Crippen LogP contribution in [0.3, 0.4) is 0 Å². The molecule has 3 atom stereocenters. The van der Waals surface area contributed by atoms with Crippen LogP contribution in [0.4, 0.5) is 0 Å². The van der Waals surface area contributed by atoms with Gasteiger partial charge in [-0.25, -0.2) is 0 Å². The molecule has 1 aliphatic carbocycles. The molecular weight excluding hydrogens is 279 g/mol. The van der Waals surface area contributed by atoms with Crippen molar-refractivity contribution in [1.82, 2.24) is 5.32 Å². The van der Waals surface area contributed by atoms with Gasteiger partial charge in [-0.1, -0.05) is 42.6 Å². The first kappa shape index (κ1) is 14.7. The van der Waals surface area contributed by atoms with Gasteiger partial charge in [0.25, 0.3) is 0 Å². The highest BCUT2D eigenvalue weighted by molar-refractivity contribution is 6.35. The number of nitriles is 1. The maximum Gasteiger partial charge on any atom is 0.0672 e. The number of nitrogens with zero attached hydrogens (tertiary/aromatic N) is 1. The van der Waals surface area contributed by atoms with E-state index in [1.807, 2.05) is 12.1 Å². The topological polar surface area (TPSA) is 35.8 Å². The van der Waals surface area contributed by atoms with Gasteiger partial charge in [0.1, 0.15) is 0 Å². The Morgan fingerprint density at radius 1 is 1.42 bits per heavy atom. The zero-order valence-electron chi connectivity index (χ0n) is 11.0. The summed E-state index contributed by atoms with van der Waals surface area (Å²) in [6, 6.07) is 8.48. The standard InChI is InChI=1S/C15H18Cl2N2/c1-2-14(12-7-6-11(16)8-13(12)17)19-15-5-3-4-10(15)9-18/h6-8,10,14-15,19H,2-5H2,1H3. The van der Waals surface area contributed by atoms with Gasteiger partial charge in [-0.2, -0.15) is 5.26 Å². The fraction of sp³-hybridized carbons (Fsp3) is 0.533. The first-order chi connectivity index (χ1) is 9.15. The van der Waals surface area contributed by atoms with E-state index >= 15 is 0 Å². The molecule has 0 saturated heterocycles. The van der Waals surface area contributed by atoms with E-state index in [0.717, 1.165) is 31.2 Å². The Balaban J connectivity index is 2.14. The molecule has 1 fully saturated rings. The number of nitrogens with one attached hydrogen (secondary N) is 1. The van der Waals surface area contributed by atoms with Gasteiger partial charge in [0.05, 0.1) is 12.0 Å². The molecule has 1 aromatic carbocycles. The number of halogens is 2. The number of benzene rings is 1. The van der Waals surface area contributed by atoms with Gasteiger partial charge in [0, 0.05) is 22.1 Å². The quantitative estimate of drug-likeness (QED) is 0.872. The lowest BCUT2D eigenvalue weighted by atomic mass is 10.00. The van der Waals surface area contributed by atoms with Crippen molar-refractivity contribution >= 4 is 23.2 Å². The summed E-state index contributed by atoms with van der Waals surface area (Å²) in [4.78, 5) is 0. The largest absolute Gasteiger partial charge is 0.306 e. The number of rotatable bonds is 4. The molecule has 4 heteroatoms. The summed E-state index contributed by atoms with van der Waals surface area (Å²) >= 11 is 12.2. The van der Waals surface area contributed by atoms with Gasteiger partial charge in [0.2, 0.25) is 0 Å². The third-order valence-corrected chi connectivity index (χ3v) is 4.41. The second-order valence-corrected chi connectivity index (χ2v) is 5.91. The van der Waals surface area contributed by atoms with Crippen LogP contribution in [-0.4, -0.2) is 6.04 Å². The molecule has 0 spiro atoms. The molecule has 0 bridgehead atoms. The third kappa shape index (κ3) is 3.42. The second-order valence-electron chi connectivity index (χ2n) is 5.07. The molecule has 3 unspecified atom stereocenters. The Hall–Kier alpha value is -0.750. The van der Waals surface area contributed by atoms with Crippen LogP contribution >= 0.6 is 23.2 Å². The Bertz CT molecular complexity index is 482. The van der Waals surface area contributed by atoms with E-state index in [1.165, 1.54) is 0 Å². The maximum atomic E-state index is 9.15. The molecular formula is C15H18Cl2N2. The van der Waals surface area contributed by atoms with Crippen molar-refractivity contribution in [2.75, 3.05) is 0 Å². The Morgan fingerprint density at radius 2 is 2.21 bits per heavy atom. The third-order valence-electron chi connectivity index (χ3n) is 3.84. The van der Waals surface area contributed by atoms with E-state index in [0.29, 0.717) is 10.0 Å². The fourth-order valence-electron chi connectivity index (χ4n) is 2.78. The highest BCUT2D eigenvalue weighted by Crippen LogP contribution is 2.32. The Kier molecular flexibility index (Phi) is 5.10. The van der Waals surface area contributed by atoms with Crippen LogP contribution in [0.15, 0.2) is 18.2 Å². The van der Waals surface area contributed by atoms with E-state index < -0.39 is 0 Å². The molecule has 1 aliphatic rings. The molecule has 102 valence electrons. The number of hydrogen-bond donors (Lipinski definition) is 1. The van der Waals surface area contributed by atoms with Gasteiger partial charge >= 0.3 is 0 Å². The van der Waals surface area contributed by atoms with Crippen molar-refractivity contribution in [1.29, 1.82) is 5.26 Å². The summed E-state index contributed by atoms with van der Waals surface area (Å²) in [5.74, 6) is 0.125. The van der Waals surface area contributed by atoms with Crippen LogP contribution in [-0.2, 0) is 0 Å². The summed E-state index contributed by atoms with van der Waals surface area (Å²) in [5.41, 5.74) is 1.07. The average molecular weight is 297 g/mol. The summed E-state index contributed by atoms with van der Waals surface area (Å²) in [6.07, 6.45) is 4.13. The van der Waals surface area contributed by atoms with Crippen LogP contribution in [0, 0.1) is 17.2 Å². The maximum absolute atomic E-state index is 9.15. The van der Waals surface area contributed by atoms with E-state index in [-0.39, 0.29) is 18.0 Å². The number of hydrogen-bond acceptors (Lipinski definition) is 2. The van der Waals surface area contributed by atoms with Gasteiger partial charge in [-0.3, -0.25) is 0 Å². The van der Waals surface area contributed by atoms with Crippen molar-refractivity contribution < 1.29 is 0 Å². The zero-order chi connectivity index (χ0) is 13.8. The monoisotopic (exact) mass is 296 g/mol. The van der Waals surface area contributed by atoms with Crippen molar-refractivity contribution in [3.8, 4) is 6.07 Å². The van der Waals surface area contributed by atoms with E-state index in [2.05, 4.69) is 18.3 Å². The molecule has 1 N–H and O–H groups in total. The van der Waals surface area contributed by atoms with E-state index in [4.69, 9.17) is 28.5 Å². The first-order valence-corrected chi connectivity index (χ1v) is 7.52. The molecule has 0 radical (unpaired) electrons. The summed E-state index contributed by atoms with van der Waals surface area (Å²) in [7, 11) is 0. The van der Waals surface area contributed by atoms with Gasteiger partial charge < -0.3 is 5.32 Å². The van der Waals surface area contributed by atoms with E-state index in [9.17, 15) is 0 Å². The van der Waals surface area contributed by atoms with Crippen LogP contribution in [0.2, 0.25) is 10.0 Å². The SMILES string of the molecule is CCC(NC1CCCC1C#N)c1ccc(Cl)cc1Cl. The minimum absolute atomic E-state index is 0.125. The molecule has 2 rings (SSSR count). The molecule has 0 amide bonds. The predicted molar refractivity (Wildman–Crippen MR) is 79.4 cm³/mol. The Labute approximate surface area is 124 Å². The van der Waals surface area contributed by atoms with Crippen molar-refractivity contribution in [3.05, 3.63) is 33.8 Å². The Morgan fingerprint density at radius 3 is 2.84 bits per heavy atom. The van der Waals surface area contributed by atoms with Crippen LogP contribution in [0.5, 0.6) is 0 Å². The summed E-state index contributed by atoms with van der Waals surface area (Å²) < 4.78 is 0. The van der Waals surface area contributed by atoms with Crippen LogP contribution < -0.4 is 5.32 Å². The van der Waals surface area contributed by atoms with Gasteiger partial charge in [-0.05, 0) is 37.0 Å². The normalized spacial score (nSPS) is 24.1. The van der Waals surface area contributed by atoms with Crippen LogP contribution in [0.25, 0.3) is 0 Å². The molecule has 0 heterocycles. The highest BCUT2D eigenvalue weighted by atomic mass is 35.5. The zero-order valence-corrected chi connectivity index (χ0v) is 12.5. The molecule has 19 heavy (non-hydrogen) atoms. The minimum Gasteiger partial charge on any atom is -0.306 e. The summed E-state index contributed by atoms with van der Waals surface area (Å²) in [5, 5.41) is 14.1. The van der Waals surface area contributed by atoms with Crippen molar-refractivity contribution in [2.45, 2.75) is 44.7 Å². The molecule has 0 aromatic heterocycles. The highest BCUT2D eigenvalue weighted by Gasteiger charge is 2.29. The summed E-state index contributed by atoms with van der Waals surface area (Å²) in [6.45, 7) is 2.12. The van der Waals surface area contributed by atoms with E-state index in [1.54, 1.807) is 6.07 Å². The first-order valence-electron chi connectivity index (χ1n) is 6.76. The van der Waals surface area contributed by atoms with Crippen LogP contribution in [0.1, 0.15) is 44.2 Å². The molecule has 1 saturated carbocycles. The lowest BCUT2D eigenvalue weighted by molar-refractivity contribution is 0.394. The molecule has 0 aliphatic heterocycles. The lowest BCUT2D eigenvalue weighted by Crippen LogP contribution is -2.35. The van der Waals surface area contributed by atoms with Crippen molar-refractivity contribution in [3.63, 3.8) is 0 Å².